The van der Waals surface area contributed by atoms with E-state index >= 15 is 0 Å². The number of ether oxygens (including phenoxy) is 1. The molecule has 0 saturated carbocycles. The number of amides is 1. The molecule has 3 atom stereocenters. The molecule has 508 valence electrons. The normalized spacial score (nSPS) is 13.9. The first-order valence-corrected chi connectivity index (χ1v) is 38.8. The smallest absolute Gasteiger partial charge is 0.456 e. The van der Waals surface area contributed by atoms with Crippen molar-refractivity contribution in [2.75, 3.05) is 40.9 Å². The number of rotatable bonds is 68. The standard InChI is InChI=1S/C77H143N2O7P/c1-7-10-13-16-19-22-25-27-29-31-33-35-37-38-39-40-42-43-45-47-49-51-54-57-60-63-66-69-76(80)78-74(73-85-87(82,83)84-72-71-79(4,5)6)75(68-65-62-59-56-53-24-21-18-15-12-9-3)86-77(81)70-67-64-61-58-55-52-50-48-46-44-41-36-34-32-30-28-26-23-20-17-14-11-8-2/h10,13,19,22,27,29,33,35,38-39,65,68,74-75H,7-9,11-12,14-18,20-21,23-26,28,30-32,34,36-37,40-64,66-67,69-73H2,1-6H3,(H-,78,80,82,83)/p+1/b13-10-,22-19-,29-27-,35-33-,39-38-,68-65+. The maximum Gasteiger partial charge on any atom is 0.472 e. The third-order valence-electron chi connectivity index (χ3n) is 16.7. The summed E-state index contributed by atoms with van der Waals surface area (Å²) in [5.74, 6) is -0.494. The number of allylic oxidation sites excluding steroid dienone is 11. The van der Waals surface area contributed by atoms with Crippen LogP contribution in [0.2, 0.25) is 0 Å². The Morgan fingerprint density at radius 1 is 0.414 bits per heavy atom. The van der Waals surface area contributed by atoms with Crippen LogP contribution in [0.15, 0.2) is 72.9 Å². The van der Waals surface area contributed by atoms with E-state index < -0.39 is 20.0 Å². The van der Waals surface area contributed by atoms with Gasteiger partial charge in [-0.1, -0.05) is 338 Å². The molecule has 0 aromatic rings. The molecule has 0 radical (unpaired) electrons. The van der Waals surface area contributed by atoms with Crippen LogP contribution in [0.25, 0.3) is 0 Å². The Hall–Kier alpha value is -2.55. The monoisotopic (exact) mass is 1240 g/mol. The Labute approximate surface area is 540 Å². The summed E-state index contributed by atoms with van der Waals surface area (Å²) in [7, 11) is 1.50. The highest BCUT2D eigenvalue weighted by Gasteiger charge is 2.30. The summed E-state index contributed by atoms with van der Waals surface area (Å²) in [5, 5.41) is 3.07. The molecular formula is C77H144N2O7P+. The van der Waals surface area contributed by atoms with Gasteiger partial charge in [0.1, 0.15) is 19.3 Å². The SMILES string of the molecule is CC/C=C\C/C=C\C/C=C\C/C=C\C/C=C\CCCCCCCCCCCCCC(=O)NC(COP(=O)(O)OCC[N+](C)(C)C)C(/C=C/CCCCCCCCCCC)OC(=O)CCCCCCCCCCCCCCCCCCCCCCCCC. The van der Waals surface area contributed by atoms with Crippen LogP contribution in [-0.2, 0) is 27.9 Å². The first kappa shape index (κ1) is 84.5. The molecule has 0 rings (SSSR count). The highest BCUT2D eigenvalue weighted by Crippen LogP contribution is 2.43. The van der Waals surface area contributed by atoms with Gasteiger partial charge in [0, 0.05) is 12.8 Å². The van der Waals surface area contributed by atoms with Crippen molar-refractivity contribution in [1.29, 1.82) is 0 Å². The topological polar surface area (TPSA) is 111 Å². The highest BCUT2D eigenvalue weighted by atomic mass is 31.2. The van der Waals surface area contributed by atoms with Gasteiger partial charge < -0.3 is 19.4 Å². The summed E-state index contributed by atoms with van der Waals surface area (Å²) >= 11 is 0. The van der Waals surface area contributed by atoms with Gasteiger partial charge in [-0.2, -0.15) is 0 Å². The quantitative estimate of drug-likeness (QED) is 0.0205. The molecule has 0 aliphatic heterocycles. The van der Waals surface area contributed by atoms with Gasteiger partial charge in [-0.3, -0.25) is 18.6 Å². The minimum absolute atomic E-state index is 0.0396. The molecule has 10 heteroatoms. The van der Waals surface area contributed by atoms with Gasteiger partial charge in [0.15, 0.2) is 0 Å². The number of carbonyl (C=O) groups excluding carboxylic acids is 2. The van der Waals surface area contributed by atoms with E-state index in [0.717, 1.165) is 89.9 Å². The average molecular weight is 1240 g/mol. The second-order valence-electron chi connectivity index (χ2n) is 26.4. The molecule has 0 aromatic heterocycles. The highest BCUT2D eigenvalue weighted by molar-refractivity contribution is 7.47. The third kappa shape index (κ3) is 67.7. The maximum atomic E-state index is 13.6. The van der Waals surface area contributed by atoms with Crippen molar-refractivity contribution in [2.45, 2.75) is 367 Å². The minimum Gasteiger partial charge on any atom is -0.456 e. The number of hydrogen-bond donors (Lipinski definition) is 2. The van der Waals surface area contributed by atoms with Crippen LogP contribution in [0.5, 0.6) is 0 Å². The number of hydrogen-bond acceptors (Lipinski definition) is 6. The van der Waals surface area contributed by atoms with Gasteiger partial charge in [-0.25, -0.2) is 4.57 Å². The van der Waals surface area contributed by atoms with Crippen molar-refractivity contribution in [2.24, 2.45) is 0 Å². The van der Waals surface area contributed by atoms with E-state index in [2.05, 4.69) is 86.8 Å². The first-order valence-electron chi connectivity index (χ1n) is 37.3. The Kier molecular flexibility index (Phi) is 64.4. The van der Waals surface area contributed by atoms with Crippen molar-refractivity contribution >= 4 is 19.7 Å². The number of carbonyl (C=O) groups is 2. The second kappa shape index (κ2) is 66.4. The Balaban J connectivity index is 4.95. The molecule has 9 nitrogen and oxygen atoms in total. The summed E-state index contributed by atoms with van der Waals surface area (Å²) in [6.07, 6.45) is 87.8. The molecule has 0 aliphatic carbocycles. The lowest BCUT2D eigenvalue weighted by Crippen LogP contribution is -2.47. The zero-order valence-corrected chi connectivity index (χ0v) is 59.2. The van der Waals surface area contributed by atoms with E-state index in [1.807, 2.05) is 33.3 Å². The van der Waals surface area contributed by atoms with Gasteiger partial charge in [-0.05, 0) is 76.7 Å². The van der Waals surface area contributed by atoms with E-state index in [0.29, 0.717) is 23.9 Å². The largest absolute Gasteiger partial charge is 0.472 e. The van der Waals surface area contributed by atoms with Crippen LogP contribution in [0.1, 0.15) is 355 Å². The molecule has 0 fully saturated rings. The molecule has 0 saturated heterocycles. The molecular weight excluding hydrogens is 1100 g/mol. The maximum absolute atomic E-state index is 13.6. The summed E-state index contributed by atoms with van der Waals surface area (Å²) in [5.41, 5.74) is 0. The van der Waals surface area contributed by atoms with Crippen molar-refractivity contribution in [3.05, 3.63) is 72.9 Å². The van der Waals surface area contributed by atoms with Crippen molar-refractivity contribution in [3.8, 4) is 0 Å². The lowest BCUT2D eigenvalue weighted by Gasteiger charge is -2.27. The zero-order chi connectivity index (χ0) is 63.5. The molecule has 0 spiro atoms. The van der Waals surface area contributed by atoms with E-state index in [1.54, 1.807) is 0 Å². The number of esters is 1. The lowest BCUT2D eigenvalue weighted by atomic mass is 10.0. The number of phosphoric acid groups is 1. The van der Waals surface area contributed by atoms with Crippen molar-refractivity contribution < 1.29 is 37.3 Å². The molecule has 3 unspecified atom stereocenters. The van der Waals surface area contributed by atoms with E-state index in [4.69, 9.17) is 13.8 Å². The number of nitrogens with zero attached hydrogens (tertiary/aromatic N) is 1. The van der Waals surface area contributed by atoms with Crippen molar-refractivity contribution in [1.82, 2.24) is 5.32 Å². The zero-order valence-electron chi connectivity index (χ0n) is 58.3. The van der Waals surface area contributed by atoms with Gasteiger partial charge in [0.2, 0.25) is 5.91 Å². The number of unbranched alkanes of at least 4 members (excludes halogenated alkanes) is 42. The number of phosphoric ester groups is 1. The van der Waals surface area contributed by atoms with Crippen LogP contribution in [-0.4, -0.2) is 74.3 Å². The molecule has 0 bridgehead atoms. The molecule has 0 heterocycles. The predicted molar refractivity (Wildman–Crippen MR) is 378 cm³/mol. The van der Waals surface area contributed by atoms with Crippen LogP contribution >= 0.6 is 7.82 Å². The van der Waals surface area contributed by atoms with Crippen LogP contribution in [0.3, 0.4) is 0 Å². The number of likely N-dealkylation sites (N-methyl/N-ethyl adjacent to an activating group) is 1. The molecule has 0 aromatic carbocycles. The molecule has 87 heavy (non-hydrogen) atoms. The number of nitrogens with one attached hydrogen (secondary N) is 1. The van der Waals surface area contributed by atoms with Gasteiger partial charge in [0.05, 0.1) is 33.8 Å². The fourth-order valence-electron chi connectivity index (χ4n) is 11.0. The fourth-order valence-corrected chi connectivity index (χ4v) is 11.7. The Bertz CT molecular complexity index is 1720. The lowest BCUT2D eigenvalue weighted by molar-refractivity contribution is -0.870. The van der Waals surface area contributed by atoms with Crippen LogP contribution in [0, 0.1) is 0 Å². The summed E-state index contributed by atoms with van der Waals surface area (Å²) in [4.78, 5) is 37.9. The number of quaternary nitrogens is 1. The van der Waals surface area contributed by atoms with Gasteiger partial charge in [0.25, 0.3) is 0 Å². The van der Waals surface area contributed by atoms with Gasteiger partial charge >= 0.3 is 13.8 Å². The van der Waals surface area contributed by atoms with Crippen LogP contribution < -0.4 is 5.32 Å². The molecule has 0 aliphatic rings. The average Bonchev–Trinajstić information content (AvgIpc) is 3.70. The minimum atomic E-state index is -4.46. The summed E-state index contributed by atoms with van der Waals surface area (Å²) < 4.78 is 30.9. The van der Waals surface area contributed by atoms with Crippen molar-refractivity contribution in [3.63, 3.8) is 0 Å². The molecule has 2 N–H and O–H groups in total. The Morgan fingerprint density at radius 3 is 1.10 bits per heavy atom. The summed E-state index contributed by atoms with van der Waals surface area (Å²) in [6.45, 7) is 6.94. The van der Waals surface area contributed by atoms with Crippen LogP contribution in [0.4, 0.5) is 0 Å². The van der Waals surface area contributed by atoms with E-state index in [-0.39, 0.29) is 25.1 Å². The fraction of sp³-hybridized carbons (Fsp3) is 0.818. The Morgan fingerprint density at radius 2 is 0.736 bits per heavy atom. The molecule has 1 amide bonds. The van der Waals surface area contributed by atoms with Gasteiger partial charge in [-0.15, -0.1) is 0 Å². The third-order valence-corrected chi connectivity index (χ3v) is 17.6. The summed E-state index contributed by atoms with van der Waals surface area (Å²) in [6, 6.07) is -0.851. The van der Waals surface area contributed by atoms with E-state index in [1.165, 1.54) is 231 Å². The second-order valence-corrected chi connectivity index (χ2v) is 27.9. The predicted octanol–water partition coefficient (Wildman–Crippen LogP) is 23.9. The first-order chi connectivity index (χ1) is 42.4. The van der Waals surface area contributed by atoms with E-state index in [9.17, 15) is 19.0 Å².